The summed E-state index contributed by atoms with van der Waals surface area (Å²) in [5.74, 6) is -0.181. The van der Waals surface area contributed by atoms with Crippen molar-refractivity contribution >= 4 is 0 Å². The zero-order chi connectivity index (χ0) is 12.8. The van der Waals surface area contributed by atoms with E-state index in [0.29, 0.717) is 0 Å². The van der Waals surface area contributed by atoms with E-state index in [-0.39, 0.29) is 11.9 Å². The van der Waals surface area contributed by atoms with Crippen molar-refractivity contribution < 1.29 is 4.39 Å². The van der Waals surface area contributed by atoms with E-state index in [1.165, 1.54) is 6.07 Å². The molecule has 1 atom stereocenters. The first-order valence-electron chi connectivity index (χ1n) is 6.20. The standard InChI is InChI=1S/C14H18FN3/c1-12(13-4-2-5-14(15)10-13)17-6-3-8-18-9-7-16-11-18/h2,4-5,7,9-12,17H,3,6,8H2,1H3. The maximum absolute atomic E-state index is 13.1. The van der Waals surface area contributed by atoms with Crippen molar-refractivity contribution in [1.29, 1.82) is 0 Å². The molecule has 2 rings (SSSR count). The van der Waals surface area contributed by atoms with E-state index in [2.05, 4.69) is 14.9 Å². The van der Waals surface area contributed by atoms with E-state index < -0.39 is 0 Å². The number of nitrogens with zero attached hydrogens (tertiary/aromatic N) is 2. The van der Waals surface area contributed by atoms with E-state index in [9.17, 15) is 4.39 Å². The van der Waals surface area contributed by atoms with Gasteiger partial charge in [-0.15, -0.1) is 0 Å². The Hall–Kier alpha value is -1.68. The third kappa shape index (κ3) is 3.67. The fourth-order valence-corrected chi connectivity index (χ4v) is 1.89. The third-order valence-electron chi connectivity index (χ3n) is 2.95. The van der Waals surface area contributed by atoms with Gasteiger partial charge < -0.3 is 9.88 Å². The summed E-state index contributed by atoms with van der Waals surface area (Å²) in [6.07, 6.45) is 6.57. The monoisotopic (exact) mass is 247 g/mol. The lowest BCUT2D eigenvalue weighted by atomic mass is 10.1. The van der Waals surface area contributed by atoms with Gasteiger partial charge in [0.15, 0.2) is 0 Å². The van der Waals surface area contributed by atoms with Crippen LogP contribution in [0.15, 0.2) is 43.0 Å². The molecule has 0 fully saturated rings. The minimum Gasteiger partial charge on any atom is -0.337 e. The number of benzene rings is 1. The number of nitrogens with one attached hydrogen (secondary N) is 1. The number of rotatable bonds is 6. The predicted molar refractivity (Wildman–Crippen MR) is 69.7 cm³/mol. The average molecular weight is 247 g/mol. The van der Waals surface area contributed by atoms with Crippen molar-refractivity contribution in [3.8, 4) is 0 Å². The smallest absolute Gasteiger partial charge is 0.123 e. The number of imidazole rings is 1. The Bertz CT molecular complexity index is 468. The van der Waals surface area contributed by atoms with Gasteiger partial charge in [0.2, 0.25) is 0 Å². The van der Waals surface area contributed by atoms with Crippen molar-refractivity contribution in [1.82, 2.24) is 14.9 Å². The van der Waals surface area contributed by atoms with Crippen LogP contribution in [0.2, 0.25) is 0 Å². The molecule has 0 bridgehead atoms. The maximum Gasteiger partial charge on any atom is 0.123 e. The molecule has 0 saturated heterocycles. The fraction of sp³-hybridized carbons (Fsp3) is 0.357. The van der Waals surface area contributed by atoms with Gasteiger partial charge in [0.05, 0.1) is 6.33 Å². The molecule has 1 aromatic heterocycles. The number of aryl methyl sites for hydroxylation is 1. The summed E-state index contributed by atoms with van der Waals surface area (Å²) in [7, 11) is 0. The Balaban J connectivity index is 1.73. The van der Waals surface area contributed by atoms with Crippen molar-refractivity contribution in [2.24, 2.45) is 0 Å². The molecule has 1 unspecified atom stereocenters. The van der Waals surface area contributed by atoms with Crippen molar-refractivity contribution in [3.05, 3.63) is 54.4 Å². The molecule has 1 heterocycles. The van der Waals surface area contributed by atoms with Gasteiger partial charge in [-0.2, -0.15) is 0 Å². The fourth-order valence-electron chi connectivity index (χ4n) is 1.89. The molecule has 0 amide bonds. The summed E-state index contributed by atoms with van der Waals surface area (Å²) >= 11 is 0. The van der Waals surface area contributed by atoms with Crippen LogP contribution in [0.4, 0.5) is 4.39 Å². The quantitative estimate of drug-likeness (QED) is 0.795. The van der Waals surface area contributed by atoms with E-state index in [0.717, 1.165) is 25.1 Å². The molecule has 0 spiro atoms. The van der Waals surface area contributed by atoms with E-state index in [1.54, 1.807) is 18.3 Å². The lowest BCUT2D eigenvalue weighted by Gasteiger charge is -2.14. The highest BCUT2D eigenvalue weighted by molar-refractivity contribution is 5.19. The second-order valence-corrected chi connectivity index (χ2v) is 4.38. The van der Waals surface area contributed by atoms with Crippen LogP contribution >= 0.6 is 0 Å². The lowest BCUT2D eigenvalue weighted by Crippen LogP contribution is -2.21. The van der Waals surface area contributed by atoms with Gasteiger partial charge in [-0.1, -0.05) is 12.1 Å². The zero-order valence-electron chi connectivity index (χ0n) is 10.5. The van der Waals surface area contributed by atoms with Crippen molar-refractivity contribution in [2.75, 3.05) is 6.54 Å². The molecule has 0 aliphatic rings. The predicted octanol–water partition coefficient (Wildman–Crippen LogP) is 2.76. The molecule has 4 heteroatoms. The Labute approximate surface area is 107 Å². The largest absolute Gasteiger partial charge is 0.337 e. The SMILES string of the molecule is CC(NCCCn1ccnc1)c1cccc(F)c1. The summed E-state index contributed by atoms with van der Waals surface area (Å²) in [6, 6.07) is 6.90. The average Bonchev–Trinajstić information content (AvgIpc) is 2.87. The van der Waals surface area contributed by atoms with Gasteiger partial charge in [0.1, 0.15) is 5.82 Å². The van der Waals surface area contributed by atoms with Crippen molar-refractivity contribution in [3.63, 3.8) is 0 Å². The summed E-state index contributed by atoms with van der Waals surface area (Å²) in [6.45, 7) is 3.89. The van der Waals surface area contributed by atoms with Crippen LogP contribution in [0, 0.1) is 5.82 Å². The number of halogens is 1. The number of hydrogen-bond acceptors (Lipinski definition) is 2. The Kier molecular flexibility index (Phi) is 4.47. The van der Waals surface area contributed by atoms with Crippen LogP contribution in [-0.4, -0.2) is 16.1 Å². The molecule has 0 radical (unpaired) electrons. The molecular formula is C14H18FN3. The van der Waals surface area contributed by atoms with Gasteiger partial charge in [0.25, 0.3) is 0 Å². The Morgan fingerprint density at radius 2 is 2.33 bits per heavy atom. The van der Waals surface area contributed by atoms with E-state index >= 15 is 0 Å². The van der Waals surface area contributed by atoms with Gasteiger partial charge >= 0.3 is 0 Å². The first-order chi connectivity index (χ1) is 8.75. The molecule has 3 nitrogen and oxygen atoms in total. The van der Waals surface area contributed by atoms with Crippen LogP contribution in [0.3, 0.4) is 0 Å². The normalized spacial score (nSPS) is 12.6. The highest BCUT2D eigenvalue weighted by Crippen LogP contribution is 2.13. The molecule has 1 N–H and O–H groups in total. The van der Waals surface area contributed by atoms with Crippen LogP contribution in [0.5, 0.6) is 0 Å². The Morgan fingerprint density at radius 3 is 3.06 bits per heavy atom. The first-order valence-corrected chi connectivity index (χ1v) is 6.20. The topological polar surface area (TPSA) is 29.9 Å². The molecule has 0 aliphatic carbocycles. The van der Waals surface area contributed by atoms with Crippen LogP contribution < -0.4 is 5.32 Å². The minimum absolute atomic E-state index is 0.170. The molecular weight excluding hydrogens is 229 g/mol. The molecule has 1 aromatic carbocycles. The summed E-state index contributed by atoms with van der Waals surface area (Å²) < 4.78 is 15.1. The molecule has 0 saturated carbocycles. The first kappa shape index (κ1) is 12.8. The number of aromatic nitrogens is 2. The Morgan fingerprint density at radius 1 is 1.44 bits per heavy atom. The minimum atomic E-state index is -0.181. The van der Waals surface area contributed by atoms with Crippen molar-refractivity contribution in [2.45, 2.75) is 25.9 Å². The third-order valence-corrected chi connectivity index (χ3v) is 2.95. The highest BCUT2D eigenvalue weighted by Gasteiger charge is 2.04. The van der Waals surface area contributed by atoms with Crippen LogP contribution in [-0.2, 0) is 6.54 Å². The molecule has 0 aliphatic heterocycles. The molecule has 2 aromatic rings. The van der Waals surface area contributed by atoms with Gasteiger partial charge in [-0.25, -0.2) is 9.37 Å². The van der Waals surface area contributed by atoms with Gasteiger partial charge in [-0.05, 0) is 37.6 Å². The second kappa shape index (κ2) is 6.31. The van der Waals surface area contributed by atoms with E-state index in [1.807, 2.05) is 25.5 Å². The lowest BCUT2D eigenvalue weighted by molar-refractivity contribution is 0.523. The molecule has 96 valence electrons. The van der Waals surface area contributed by atoms with E-state index in [4.69, 9.17) is 0 Å². The second-order valence-electron chi connectivity index (χ2n) is 4.38. The summed E-state index contributed by atoms with van der Waals surface area (Å²) in [5, 5.41) is 3.39. The van der Waals surface area contributed by atoms with Gasteiger partial charge in [0, 0.05) is 25.0 Å². The zero-order valence-corrected chi connectivity index (χ0v) is 10.5. The molecule has 18 heavy (non-hydrogen) atoms. The van der Waals surface area contributed by atoms with Crippen LogP contribution in [0.1, 0.15) is 24.9 Å². The maximum atomic E-state index is 13.1. The summed E-state index contributed by atoms with van der Waals surface area (Å²) in [5.41, 5.74) is 0.984. The summed E-state index contributed by atoms with van der Waals surface area (Å²) in [4.78, 5) is 3.99. The highest BCUT2D eigenvalue weighted by atomic mass is 19.1. The number of hydrogen-bond donors (Lipinski definition) is 1. The van der Waals surface area contributed by atoms with Gasteiger partial charge in [-0.3, -0.25) is 0 Å². The van der Waals surface area contributed by atoms with Crippen LogP contribution in [0.25, 0.3) is 0 Å².